The number of halogens is 4. The SMILES string of the molecule is CC(Nc1ccc(Cl)c(C(F)(F)F)c1)c1cccs1. The molecule has 1 unspecified atom stereocenters. The molecule has 1 nitrogen and oxygen atoms in total. The fourth-order valence-electron chi connectivity index (χ4n) is 1.69. The number of hydrogen-bond acceptors (Lipinski definition) is 2. The van der Waals surface area contributed by atoms with E-state index in [0.29, 0.717) is 5.69 Å². The van der Waals surface area contributed by atoms with Crippen LogP contribution in [0.4, 0.5) is 18.9 Å². The Hall–Kier alpha value is -1.20. The van der Waals surface area contributed by atoms with E-state index in [4.69, 9.17) is 11.6 Å². The summed E-state index contributed by atoms with van der Waals surface area (Å²) in [7, 11) is 0. The van der Waals surface area contributed by atoms with Crippen molar-refractivity contribution in [2.45, 2.75) is 19.1 Å². The zero-order valence-corrected chi connectivity index (χ0v) is 11.5. The molecular weight excluding hydrogens is 295 g/mol. The molecule has 1 atom stereocenters. The Kier molecular flexibility index (Phi) is 4.06. The smallest absolute Gasteiger partial charge is 0.378 e. The minimum atomic E-state index is -4.44. The predicted molar refractivity (Wildman–Crippen MR) is 72.8 cm³/mol. The van der Waals surface area contributed by atoms with Crippen LogP contribution in [0.2, 0.25) is 5.02 Å². The van der Waals surface area contributed by atoms with Gasteiger partial charge in [0, 0.05) is 10.6 Å². The Morgan fingerprint density at radius 1 is 1.26 bits per heavy atom. The summed E-state index contributed by atoms with van der Waals surface area (Å²) in [6.45, 7) is 1.90. The molecule has 2 rings (SSSR count). The minimum absolute atomic E-state index is 0.0535. The van der Waals surface area contributed by atoms with Crippen LogP contribution in [0, 0.1) is 0 Å². The van der Waals surface area contributed by atoms with Crippen molar-refractivity contribution >= 4 is 28.6 Å². The van der Waals surface area contributed by atoms with Crippen molar-refractivity contribution in [1.82, 2.24) is 0 Å². The second kappa shape index (κ2) is 5.43. The molecule has 0 spiro atoms. The largest absolute Gasteiger partial charge is 0.417 e. The van der Waals surface area contributed by atoms with Gasteiger partial charge in [-0.15, -0.1) is 11.3 Å². The van der Waals surface area contributed by atoms with Gasteiger partial charge in [0.25, 0.3) is 0 Å². The molecule has 2 aromatic rings. The molecule has 0 aliphatic carbocycles. The number of benzene rings is 1. The van der Waals surface area contributed by atoms with Crippen molar-refractivity contribution in [2.24, 2.45) is 0 Å². The molecular formula is C13H11ClF3NS. The molecule has 0 aliphatic rings. The number of anilines is 1. The standard InChI is InChI=1S/C13H11ClF3NS/c1-8(12-3-2-6-19-12)18-9-4-5-11(14)10(7-9)13(15,16)17/h2-8,18H,1H3. The van der Waals surface area contributed by atoms with Crippen LogP contribution in [0.1, 0.15) is 23.4 Å². The summed E-state index contributed by atoms with van der Waals surface area (Å²) in [6, 6.07) is 7.62. The van der Waals surface area contributed by atoms with Gasteiger partial charge < -0.3 is 5.32 Å². The molecule has 102 valence electrons. The zero-order valence-electron chi connectivity index (χ0n) is 9.96. The number of hydrogen-bond donors (Lipinski definition) is 1. The van der Waals surface area contributed by atoms with Gasteiger partial charge >= 0.3 is 6.18 Å². The first-order chi connectivity index (χ1) is 8.88. The lowest BCUT2D eigenvalue weighted by Gasteiger charge is -2.16. The number of rotatable bonds is 3. The molecule has 1 aromatic carbocycles. The van der Waals surface area contributed by atoms with Crippen LogP contribution < -0.4 is 5.32 Å². The van der Waals surface area contributed by atoms with Gasteiger partial charge in [-0.3, -0.25) is 0 Å². The molecule has 1 heterocycles. The van der Waals surface area contributed by atoms with E-state index in [9.17, 15) is 13.2 Å². The van der Waals surface area contributed by atoms with E-state index in [-0.39, 0.29) is 11.1 Å². The Balaban J connectivity index is 2.22. The lowest BCUT2D eigenvalue weighted by molar-refractivity contribution is -0.137. The fraction of sp³-hybridized carbons (Fsp3) is 0.231. The summed E-state index contributed by atoms with van der Waals surface area (Å²) in [5.41, 5.74) is -0.421. The monoisotopic (exact) mass is 305 g/mol. The summed E-state index contributed by atoms with van der Waals surface area (Å²) in [5.74, 6) is 0. The first-order valence-electron chi connectivity index (χ1n) is 5.54. The lowest BCUT2D eigenvalue weighted by atomic mass is 10.1. The van der Waals surface area contributed by atoms with Gasteiger partial charge in [-0.2, -0.15) is 13.2 Å². The summed E-state index contributed by atoms with van der Waals surface area (Å²) >= 11 is 7.12. The highest BCUT2D eigenvalue weighted by Gasteiger charge is 2.33. The Morgan fingerprint density at radius 2 is 2.00 bits per heavy atom. The molecule has 0 radical (unpaired) electrons. The molecule has 6 heteroatoms. The maximum atomic E-state index is 12.7. The maximum absolute atomic E-state index is 12.7. The van der Waals surface area contributed by atoms with Gasteiger partial charge in [0.1, 0.15) is 0 Å². The second-order valence-corrected chi connectivity index (χ2v) is 5.46. The average molecular weight is 306 g/mol. The van der Waals surface area contributed by atoms with Gasteiger partial charge in [0.05, 0.1) is 16.6 Å². The number of thiophene rings is 1. The van der Waals surface area contributed by atoms with Crippen molar-refractivity contribution in [3.8, 4) is 0 Å². The average Bonchev–Trinajstić information content (AvgIpc) is 2.83. The van der Waals surface area contributed by atoms with Gasteiger partial charge in [0.15, 0.2) is 0 Å². The minimum Gasteiger partial charge on any atom is -0.378 e. The first-order valence-corrected chi connectivity index (χ1v) is 6.80. The topological polar surface area (TPSA) is 12.0 Å². The van der Waals surface area contributed by atoms with Crippen LogP contribution in [0.15, 0.2) is 35.7 Å². The van der Waals surface area contributed by atoms with Gasteiger partial charge in [0.2, 0.25) is 0 Å². The van der Waals surface area contributed by atoms with Crippen molar-refractivity contribution in [1.29, 1.82) is 0 Å². The zero-order chi connectivity index (χ0) is 14.0. The highest BCUT2D eigenvalue weighted by molar-refractivity contribution is 7.10. The van der Waals surface area contributed by atoms with Gasteiger partial charge in [-0.1, -0.05) is 17.7 Å². The van der Waals surface area contributed by atoms with Crippen molar-refractivity contribution in [3.63, 3.8) is 0 Å². The van der Waals surface area contributed by atoms with Crippen LogP contribution >= 0.6 is 22.9 Å². The predicted octanol–water partition coefficient (Wildman–Crippen LogP) is 5.59. The van der Waals surface area contributed by atoms with Crippen LogP contribution in [-0.2, 0) is 6.18 Å². The van der Waals surface area contributed by atoms with Crippen LogP contribution in [0.5, 0.6) is 0 Å². The number of nitrogens with one attached hydrogen (secondary N) is 1. The Labute approximate surface area is 118 Å². The molecule has 0 aliphatic heterocycles. The third-order valence-electron chi connectivity index (χ3n) is 2.62. The molecule has 1 N–H and O–H groups in total. The molecule has 0 bridgehead atoms. The Morgan fingerprint density at radius 3 is 2.58 bits per heavy atom. The molecule has 19 heavy (non-hydrogen) atoms. The van der Waals surface area contributed by atoms with Crippen molar-refractivity contribution < 1.29 is 13.2 Å². The molecule has 0 saturated carbocycles. The van der Waals surface area contributed by atoms with Crippen LogP contribution in [0.25, 0.3) is 0 Å². The van der Waals surface area contributed by atoms with Gasteiger partial charge in [-0.25, -0.2) is 0 Å². The van der Waals surface area contributed by atoms with E-state index in [1.54, 1.807) is 17.4 Å². The fourth-order valence-corrected chi connectivity index (χ4v) is 2.65. The maximum Gasteiger partial charge on any atom is 0.417 e. The van der Waals surface area contributed by atoms with Crippen molar-refractivity contribution in [2.75, 3.05) is 5.32 Å². The highest BCUT2D eigenvalue weighted by atomic mass is 35.5. The van der Waals surface area contributed by atoms with Crippen molar-refractivity contribution in [3.05, 3.63) is 51.2 Å². The summed E-state index contributed by atoms with van der Waals surface area (Å²) in [6.07, 6.45) is -4.44. The Bertz CT molecular complexity index is 552. The van der Waals surface area contributed by atoms with Crippen LogP contribution in [-0.4, -0.2) is 0 Å². The van der Waals surface area contributed by atoms with Gasteiger partial charge in [-0.05, 0) is 36.6 Å². The van der Waals surface area contributed by atoms with E-state index in [1.165, 1.54) is 6.07 Å². The van der Waals surface area contributed by atoms with E-state index < -0.39 is 11.7 Å². The molecule has 1 aromatic heterocycles. The summed E-state index contributed by atoms with van der Waals surface area (Å²) < 4.78 is 38.2. The second-order valence-electron chi connectivity index (χ2n) is 4.07. The van der Waals surface area contributed by atoms with E-state index in [0.717, 1.165) is 10.9 Å². The highest BCUT2D eigenvalue weighted by Crippen LogP contribution is 2.36. The van der Waals surface area contributed by atoms with E-state index in [2.05, 4.69) is 5.32 Å². The quantitative estimate of drug-likeness (QED) is 0.779. The van der Waals surface area contributed by atoms with E-state index in [1.807, 2.05) is 24.4 Å². The number of alkyl halides is 3. The molecule has 0 saturated heterocycles. The van der Waals surface area contributed by atoms with E-state index >= 15 is 0 Å². The molecule has 0 fully saturated rings. The third kappa shape index (κ3) is 3.42. The van der Waals surface area contributed by atoms with Crippen LogP contribution in [0.3, 0.4) is 0 Å². The lowest BCUT2D eigenvalue weighted by Crippen LogP contribution is -2.09. The molecule has 0 amide bonds. The summed E-state index contributed by atoms with van der Waals surface area (Å²) in [4.78, 5) is 1.06. The first kappa shape index (κ1) is 14.2. The third-order valence-corrected chi connectivity index (χ3v) is 4.01. The normalized spacial score (nSPS) is 13.3. The summed E-state index contributed by atoms with van der Waals surface area (Å²) in [5, 5.41) is 4.67.